The number of carboxylic acids is 1. The highest BCUT2D eigenvalue weighted by Crippen LogP contribution is 2.48. The van der Waals surface area contributed by atoms with Crippen LogP contribution in [0.2, 0.25) is 0 Å². The molecule has 13 nitrogen and oxygen atoms in total. The average molecular weight is 835 g/mol. The number of carbonyl (C=O) groups excluding carboxylic acids is 3. The third kappa shape index (κ3) is 7.90. The third-order valence-corrected chi connectivity index (χ3v) is 12.9. The van der Waals surface area contributed by atoms with Crippen molar-refractivity contribution < 1.29 is 33.9 Å². The fourth-order valence-corrected chi connectivity index (χ4v) is 10.1. The van der Waals surface area contributed by atoms with Gasteiger partial charge in [0.2, 0.25) is 0 Å². The van der Waals surface area contributed by atoms with E-state index in [9.17, 15) is 24.3 Å². The second-order valence-electron chi connectivity index (χ2n) is 13.1. The summed E-state index contributed by atoms with van der Waals surface area (Å²) in [6.45, 7) is 1.02. The van der Waals surface area contributed by atoms with Crippen LogP contribution < -0.4 is 16.8 Å². The van der Waals surface area contributed by atoms with Gasteiger partial charge in [-0.25, -0.2) is 9.78 Å². The normalized spacial score (nSPS) is 16.6. The van der Waals surface area contributed by atoms with Gasteiger partial charge in [-0.3, -0.25) is 19.3 Å². The number of rotatable bonds is 15. The van der Waals surface area contributed by atoms with E-state index in [1.807, 2.05) is 109 Å². The molecule has 58 heavy (non-hydrogen) atoms. The second-order valence-corrected chi connectivity index (χ2v) is 16.4. The van der Waals surface area contributed by atoms with E-state index in [4.69, 9.17) is 26.0 Å². The number of nitrogen functional groups attached to an aromatic ring is 2. The number of fused-ring (bicyclic) bond motifs is 1. The minimum absolute atomic E-state index is 0.0549. The number of anilines is 2. The molecule has 296 valence electrons. The Morgan fingerprint density at radius 3 is 2.09 bits per heavy atom. The van der Waals surface area contributed by atoms with Crippen molar-refractivity contribution in [1.82, 2.24) is 15.2 Å². The first kappa shape index (κ1) is 40.1. The number of nitrogens with one attached hydrogen (secondary N) is 1. The maximum Gasteiger partial charge on any atom is 0.352 e. The van der Waals surface area contributed by atoms with Crippen molar-refractivity contribution in [3.8, 4) is 0 Å². The number of aliphatic carboxylic acids is 1. The minimum Gasteiger partial charge on any atom is -0.477 e. The summed E-state index contributed by atoms with van der Waals surface area (Å²) in [6, 6.07) is 36.0. The summed E-state index contributed by atoms with van der Waals surface area (Å²) >= 11 is 3.90. The summed E-state index contributed by atoms with van der Waals surface area (Å²) in [7, 11) is 0. The van der Waals surface area contributed by atoms with Crippen molar-refractivity contribution in [2.24, 2.45) is 5.16 Å². The summed E-state index contributed by atoms with van der Waals surface area (Å²) < 4.78 is 5.05. The molecule has 7 rings (SSSR count). The van der Waals surface area contributed by atoms with Gasteiger partial charge in [0.05, 0.1) is 5.41 Å². The highest BCUT2D eigenvalue weighted by molar-refractivity contribution is 8.00. The molecule has 5 aromatic rings. The van der Waals surface area contributed by atoms with Crippen LogP contribution in [0.1, 0.15) is 34.3 Å². The molecule has 3 heterocycles. The Bertz CT molecular complexity index is 2300. The number of β-lactam (4-membered cyclic amide) rings is 1. The third-order valence-electron chi connectivity index (χ3n) is 9.53. The van der Waals surface area contributed by atoms with Crippen LogP contribution >= 0.6 is 34.9 Å². The van der Waals surface area contributed by atoms with Crippen molar-refractivity contribution in [1.29, 1.82) is 0 Å². The first-order valence-corrected chi connectivity index (χ1v) is 20.9. The van der Waals surface area contributed by atoms with Crippen LogP contribution in [0.5, 0.6) is 0 Å². The Hall–Kier alpha value is -6.10. The smallest absolute Gasteiger partial charge is 0.352 e. The van der Waals surface area contributed by atoms with E-state index in [-0.39, 0.29) is 46.6 Å². The number of amides is 2. The number of carboxylic acid groups (broad SMARTS) is 1. The molecule has 0 spiro atoms. The number of oxime groups is 1. The standard InChI is InChI=1S/C42H38N6O7S3/c1-25(49)54-23-26-24-57-39-34(38(51)48(39)35(26)40(52)53)45-37(50)33(47-55-21-22-56-31-20-12-11-19-30(31)43)32-36(44)58-41(46-32)42(27-13-5-2-6-14-27,28-15-7-3-8-16-28)29-17-9-4-10-18-29/h2-20,34,39H,21-24,43-44H2,1H3,(H,45,50)(H,52,53)/t34?,39-/m1/s1. The lowest BCUT2D eigenvalue weighted by molar-refractivity contribution is -0.150. The molecular weight excluding hydrogens is 797 g/mol. The molecule has 2 aliphatic rings. The molecule has 0 bridgehead atoms. The van der Waals surface area contributed by atoms with E-state index >= 15 is 0 Å². The SMILES string of the molecule is CC(=O)OCC1=C(C(=O)O)N2C(=O)C(NC(=O)C(=NOCCSc3ccccc3N)c3nc(C(c4ccccc4)(c4ccccc4)c4ccccc4)sc3N)[C@H]2SC1. The van der Waals surface area contributed by atoms with E-state index in [1.165, 1.54) is 41.8 Å². The quantitative estimate of drug-likeness (QED) is 0.0151. The molecule has 2 atom stereocenters. The monoisotopic (exact) mass is 834 g/mol. The van der Waals surface area contributed by atoms with Crippen LogP contribution in [0.15, 0.2) is 137 Å². The highest BCUT2D eigenvalue weighted by atomic mass is 32.2. The number of nitrogens with two attached hydrogens (primary N) is 2. The summed E-state index contributed by atoms with van der Waals surface area (Å²) in [5, 5.41) is 17.1. The average Bonchev–Trinajstić information content (AvgIpc) is 3.62. The number of benzene rings is 4. The minimum atomic E-state index is -1.35. The molecule has 16 heteroatoms. The maximum atomic E-state index is 14.4. The van der Waals surface area contributed by atoms with Gasteiger partial charge in [0, 0.05) is 34.6 Å². The van der Waals surface area contributed by atoms with Gasteiger partial charge in [-0.05, 0) is 28.8 Å². The molecule has 0 aliphatic carbocycles. The number of carbonyl (C=O) groups is 4. The van der Waals surface area contributed by atoms with Crippen molar-refractivity contribution in [3.05, 3.63) is 154 Å². The van der Waals surface area contributed by atoms with Crippen LogP contribution in [0.4, 0.5) is 10.7 Å². The molecule has 2 aliphatic heterocycles. The number of esters is 1. The van der Waals surface area contributed by atoms with Crippen molar-refractivity contribution >= 4 is 75.0 Å². The van der Waals surface area contributed by atoms with Gasteiger partial charge in [0.15, 0.2) is 5.71 Å². The maximum absolute atomic E-state index is 14.4. The number of nitrogens with zero attached hydrogens (tertiary/aromatic N) is 3. The molecule has 6 N–H and O–H groups in total. The Morgan fingerprint density at radius 1 is 0.931 bits per heavy atom. The van der Waals surface area contributed by atoms with Crippen LogP contribution in [0, 0.1) is 0 Å². The lowest BCUT2D eigenvalue weighted by atomic mass is 9.70. The second kappa shape index (κ2) is 17.6. The molecule has 1 aromatic heterocycles. The van der Waals surface area contributed by atoms with E-state index in [1.54, 1.807) is 6.07 Å². The van der Waals surface area contributed by atoms with Crippen LogP contribution in [-0.4, -0.2) is 80.6 Å². The largest absolute Gasteiger partial charge is 0.477 e. The van der Waals surface area contributed by atoms with Gasteiger partial charge < -0.3 is 31.5 Å². The molecule has 1 saturated heterocycles. The van der Waals surface area contributed by atoms with Crippen LogP contribution in [0.25, 0.3) is 0 Å². The van der Waals surface area contributed by atoms with Crippen molar-refractivity contribution in [2.45, 2.75) is 28.6 Å². The summed E-state index contributed by atoms with van der Waals surface area (Å²) in [5.74, 6) is -2.77. The topological polar surface area (TPSA) is 200 Å². The van der Waals surface area contributed by atoms with Gasteiger partial charge >= 0.3 is 11.9 Å². The Morgan fingerprint density at radius 2 is 1.52 bits per heavy atom. The number of hydrogen-bond acceptors (Lipinski definition) is 13. The molecule has 0 radical (unpaired) electrons. The number of ether oxygens (including phenoxy) is 1. The lowest BCUT2D eigenvalue weighted by Crippen LogP contribution is -2.71. The first-order valence-electron chi connectivity index (χ1n) is 18.1. The van der Waals surface area contributed by atoms with Crippen molar-refractivity contribution in [2.75, 3.05) is 36.2 Å². The molecule has 4 aromatic carbocycles. The zero-order valence-electron chi connectivity index (χ0n) is 31.1. The summed E-state index contributed by atoms with van der Waals surface area (Å²) in [5.41, 5.74) is 15.1. The van der Waals surface area contributed by atoms with Crippen LogP contribution in [-0.2, 0) is 34.2 Å². The molecule has 1 fully saturated rings. The summed E-state index contributed by atoms with van der Waals surface area (Å²) in [6.07, 6.45) is 0. The number of thiazole rings is 1. The fraction of sp³-hybridized carbons (Fsp3) is 0.190. The number of hydrogen-bond donors (Lipinski definition) is 4. The zero-order valence-corrected chi connectivity index (χ0v) is 33.5. The van der Waals surface area contributed by atoms with Crippen molar-refractivity contribution in [3.63, 3.8) is 0 Å². The number of aromatic nitrogens is 1. The van der Waals surface area contributed by atoms with Gasteiger partial charge in [-0.1, -0.05) is 120 Å². The number of para-hydroxylation sites is 1. The van der Waals surface area contributed by atoms with Gasteiger partial charge in [0.1, 0.15) is 46.0 Å². The van der Waals surface area contributed by atoms with Gasteiger partial charge in [0.25, 0.3) is 11.8 Å². The zero-order chi connectivity index (χ0) is 40.8. The predicted molar refractivity (Wildman–Crippen MR) is 225 cm³/mol. The lowest BCUT2D eigenvalue weighted by Gasteiger charge is -2.49. The fourth-order valence-electron chi connectivity index (χ4n) is 6.89. The number of thioether (sulfide) groups is 2. The van der Waals surface area contributed by atoms with E-state index in [0.717, 1.165) is 26.5 Å². The summed E-state index contributed by atoms with van der Waals surface area (Å²) in [4.78, 5) is 64.6. The van der Waals surface area contributed by atoms with E-state index in [0.29, 0.717) is 16.4 Å². The van der Waals surface area contributed by atoms with E-state index in [2.05, 4.69) is 10.5 Å². The Balaban J connectivity index is 1.25. The molecule has 1 unspecified atom stereocenters. The Kier molecular flexibility index (Phi) is 12.2. The molecule has 0 saturated carbocycles. The van der Waals surface area contributed by atoms with Crippen LogP contribution in [0.3, 0.4) is 0 Å². The predicted octanol–water partition coefficient (Wildman–Crippen LogP) is 5.50. The van der Waals surface area contributed by atoms with E-state index < -0.39 is 40.6 Å². The molecular formula is C42H38N6O7S3. The molecule has 2 amide bonds. The Labute approximate surface area is 346 Å². The first-order chi connectivity index (χ1) is 28.1. The van der Waals surface area contributed by atoms with Gasteiger partial charge in [-0.2, -0.15) is 0 Å². The van der Waals surface area contributed by atoms with Gasteiger partial charge in [-0.15, -0.1) is 23.5 Å². The highest BCUT2D eigenvalue weighted by Gasteiger charge is 2.55.